The van der Waals surface area contributed by atoms with Gasteiger partial charge in [-0.2, -0.15) is 0 Å². The van der Waals surface area contributed by atoms with Crippen molar-refractivity contribution in [3.63, 3.8) is 0 Å². The molecule has 1 rings (SSSR count). The van der Waals surface area contributed by atoms with Crippen molar-refractivity contribution in [2.45, 2.75) is 19.9 Å². The molecule has 0 heterocycles. The molecule has 0 aromatic heterocycles. The van der Waals surface area contributed by atoms with Crippen LogP contribution in [0.25, 0.3) is 0 Å². The van der Waals surface area contributed by atoms with E-state index in [4.69, 9.17) is 28.9 Å². The van der Waals surface area contributed by atoms with Crippen LogP contribution in [0.1, 0.15) is 18.9 Å². The molecule has 16 heavy (non-hydrogen) atoms. The number of hydrogen-bond acceptors (Lipinski definition) is 1. The third-order valence-electron chi connectivity index (χ3n) is 1.96. The Morgan fingerprint density at radius 2 is 2.12 bits per heavy atom. The molecule has 0 saturated carbocycles. The molecule has 0 aliphatic carbocycles. The van der Waals surface area contributed by atoms with Gasteiger partial charge in [0.1, 0.15) is 0 Å². The van der Waals surface area contributed by atoms with Gasteiger partial charge in [0.25, 0.3) is 0 Å². The summed E-state index contributed by atoms with van der Waals surface area (Å²) < 4.78 is 0. The monoisotopic (exact) mass is 259 g/mol. The van der Waals surface area contributed by atoms with Crippen molar-refractivity contribution in [1.29, 1.82) is 0 Å². The third kappa shape index (κ3) is 4.29. The summed E-state index contributed by atoms with van der Waals surface area (Å²) >= 11 is 11.7. The van der Waals surface area contributed by atoms with E-state index in [1.807, 2.05) is 12.1 Å². The van der Waals surface area contributed by atoms with E-state index in [2.05, 4.69) is 17.2 Å². The molecule has 3 N–H and O–H groups in total. The highest BCUT2D eigenvalue weighted by molar-refractivity contribution is 6.42. The fraction of sp³-hybridized carbons (Fsp3) is 0.364. The van der Waals surface area contributed by atoms with Crippen molar-refractivity contribution in [3.8, 4) is 0 Å². The summed E-state index contributed by atoms with van der Waals surface area (Å²) in [4.78, 5) is 4.12. The summed E-state index contributed by atoms with van der Waals surface area (Å²) in [6.07, 6.45) is 0.981. The van der Waals surface area contributed by atoms with Gasteiger partial charge in [-0.05, 0) is 24.1 Å². The Kier molecular flexibility index (Phi) is 5.43. The molecule has 0 aliphatic rings. The minimum Gasteiger partial charge on any atom is -0.370 e. The van der Waals surface area contributed by atoms with Crippen LogP contribution in [0.15, 0.2) is 23.2 Å². The van der Waals surface area contributed by atoms with E-state index >= 15 is 0 Å². The lowest BCUT2D eigenvalue weighted by atomic mass is 10.2. The van der Waals surface area contributed by atoms with Crippen LogP contribution in [0.3, 0.4) is 0 Å². The molecule has 0 spiro atoms. The normalized spacial score (nSPS) is 11.6. The molecule has 0 aliphatic heterocycles. The van der Waals surface area contributed by atoms with E-state index < -0.39 is 0 Å². The Hall–Kier alpha value is -0.930. The van der Waals surface area contributed by atoms with Crippen molar-refractivity contribution < 1.29 is 0 Å². The molecule has 0 amide bonds. The van der Waals surface area contributed by atoms with E-state index in [1.165, 1.54) is 0 Å². The van der Waals surface area contributed by atoms with E-state index in [-0.39, 0.29) is 0 Å². The second kappa shape index (κ2) is 6.61. The summed E-state index contributed by atoms with van der Waals surface area (Å²) in [5.74, 6) is 0.452. The number of rotatable bonds is 4. The van der Waals surface area contributed by atoms with E-state index in [1.54, 1.807) is 6.07 Å². The van der Waals surface area contributed by atoms with E-state index in [0.717, 1.165) is 18.5 Å². The SMILES string of the molecule is CCC/N=C(/N)NCc1ccc(Cl)c(Cl)c1. The number of hydrogen-bond donors (Lipinski definition) is 2. The molecular formula is C11H15Cl2N3. The van der Waals surface area contributed by atoms with E-state index in [9.17, 15) is 0 Å². The molecule has 3 nitrogen and oxygen atoms in total. The summed E-state index contributed by atoms with van der Waals surface area (Å²) in [6.45, 7) is 3.38. The maximum Gasteiger partial charge on any atom is 0.188 e. The Morgan fingerprint density at radius 3 is 2.75 bits per heavy atom. The van der Waals surface area contributed by atoms with Crippen molar-refractivity contribution in [3.05, 3.63) is 33.8 Å². The van der Waals surface area contributed by atoms with E-state index in [0.29, 0.717) is 22.5 Å². The van der Waals surface area contributed by atoms with Crippen molar-refractivity contribution in [2.75, 3.05) is 6.54 Å². The zero-order valence-corrected chi connectivity index (χ0v) is 10.6. The topological polar surface area (TPSA) is 50.4 Å². The van der Waals surface area contributed by atoms with Crippen LogP contribution in [0, 0.1) is 0 Å². The second-order valence-electron chi connectivity index (χ2n) is 3.37. The van der Waals surface area contributed by atoms with Crippen LogP contribution >= 0.6 is 23.2 Å². The fourth-order valence-corrected chi connectivity index (χ4v) is 1.45. The summed E-state index contributed by atoms with van der Waals surface area (Å²) in [7, 11) is 0. The minimum absolute atomic E-state index is 0.452. The van der Waals surface area contributed by atoms with Crippen LogP contribution in [0.4, 0.5) is 0 Å². The Labute approximate surface area is 106 Å². The zero-order chi connectivity index (χ0) is 12.0. The first-order valence-corrected chi connectivity index (χ1v) is 5.86. The van der Waals surface area contributed by atoms with Gasteiger partial charge in [0.05, 0.1) is 10.0 Å². The smallest absolute Gasteiger partial charge is 0.188 e. The predicted molar refractivity (Wildman–Crippen MR) is 70.1 cm³/mol. The lowest BCUT2D eigenvalue weighted by Gasteiger charge is -2.06. The van der Waals surface area contributed by atoms with Crippen molar-refractivity contribution in [2.24, 2.45) is 10.7 Å². The first kappa shape index (κ1) is 13.1. The Morgan fingerprint density at radius 1 is 1.38 bits per heavy atom. The third-order valence-corrected chi connectivity index (χ3v) is 2.70. The highest BCUT2D eigenvalue weighted by atomic mass is 35.5. The standard InChI is InChI=1S/C11H15Cl2N3/c1-2-5-15-11(14)16-7-8-3-4-9(12)10(13)6-8/h3-4,6H,2,5,7H2,1H3,(H3,14,15,16). The van der Waals surface area contributed by atoms with Gasteiger partial charge in [-0.3, -0.25) is 4.99 Å². The van der Waals surface area contributed by atoms with Gasteiger partial charge in [0.2, 0.25) is 0 Å². The van der Waals surface area contributed by atoms with Gasteiger partial charge < -0.3 is 11.1 Å². The maximum atomic E-state index is 5.89. The molecule has 1 aromatic rings. The Balaban J connectivity index is 2.51. The number of nitrogens with two attached hydrogens (primary N) is 1. The van der Waals surface area contributed by atoms with Crippen molar-refractivity contribution >= 4 is 29.2 Å². The quantitative estimate of drug-likeness (QED) is 0.646. The molecule has 0 atom stereocenters. The van der Waals surface area contributed by atoms with Crippen LogP contribution in [0.5, 0.6) is 0 Å². The largest absolute Gasteiger partial charge is 0.370 e. The predicted octanol–water partition coefficient (Wildman–Crippen LogP) is 2.81. The zero-order valence-electron chi connectivity index (χ0n) is 9.13. The van der Waals surface area contributed by atoms with Gasteiger partial charge in [-0.15, -0.1) is 0 Å². The van der Waals surface area contributed by atoms with Gasteiger partial charge in [0, 0.05) is 13.1 Å². The van der Waals surface area contributed by atoms with Crippen LogP contribution in [-0.4, -0.2) is 12.5 Å². The highest BCUT2D eigenvalue weighted by Crippen LogP contribution is 2.22. The number of guanidine groups is 1. The fourth-order valence-electron chi connectivity index (χ4n) is 1.13. The molecule has 0 unspecified atom stereocenters. The first-order chi connectivity index (χ1) is 7.63. The number of nitrogens with one attached hydrogen (secondary N) is 1. The Bertz CT molecular complexity index is 377. The lowest BCUT2D eigenvalue weighted by molar-refractivity contribution is 0.865. The second-order valence-corrected chi connectivity index (χ2v) is 4.18. The lowest BCUT2D eigenvalue weighted by Crippen LogP contribution is -2.31. The number of aliphatic imine (C=N–C) groups is 1. The molecule has 5 heteroatoms. The average Bonchev–Trinajstić information content (AvgIpc) is 2.28. The first-order valence-electron chi connectivity index (χ1n) is 5.11. The van der Waals surface area contributed by atoms with Crippen LogP contribution < -0.4 is 11.1 Å². The number of halogens is 2. The molecule has 0 fully saturated rings. The van der Waals surface area contributed by atoms with Crippen LogP contribution in [0.2, 0.25) is 10.0 Å². The number of nitrogens with zero attached hydrogens (tertiary/aromatic N) is 1. The highest BCUT2D eigenvalue weighted by Gasteiger charge is 1.99. The summed E-state index contributed by atoms with van der Waals surface area (Å²) in [5.41, 5.74) is 6.67. The van der Waals surface area contributed by atoms with Gasteiger partial charge in [0.15, 0.2) is 5.96 Å². The van der Waals surface area contributed by atoms with Crippen LogP contribution in [-0.2, 0) is 6.54 Å². The minimum atomic E-state index is 0.452. The molecule has 0 saturated heterocycles. The molecule has 0 radical (unpaired) electrons. The van der Waals surface area contributed by atoms with Crippen molar-refractivity contribution in [1.82, 2.24) is 5.32 Å². The van der Waals surface area contributed by atoms with Gasteiger partial charge >= 0.3 is 0 Å². The summed E-state index contributed by atoms with van der Waals surface area (Å²) in [6, 6.07) is 5.47. The number of benzene rings is 1. The average molecular weight is 260 g/mol. The molecule has 0 bridgehead atoms. The summed E-state index contributed by atoms with van der Waals surface area (Å²) in [5, 5.41) is 4.11. The molecule has 88 valence electrons. The van der Waals surface area contributed by atoms with Gasteiger partial charge in [-0.1, -0.05) is 36.2 Å². The molecular weight excluding hydrogens is 245 g/mol. The maximum absolute atomic E-state index is 5.89. The molecule has 1 aromatic carbocycles. The van der Waals surface area contributed by atoms with Gasteiger partial charge in [-0.25, -0.2) is 0 Å².